The molecule has 0 bridgehead atoms. The molecule has 8 nitrogen and oxygen atoms in total. The van der Waals surface area contributed by atoms with Gasteiger partial charge in [-0.2, -0.15) is 0 Å². The highest BCUT2D eigenvalue weighted by molar-refractivity contribution is 7.15. The van der Waals surface area contributed by atoms with Gasteiger partial charge in [-0.05, 0) is 31.0 Å². The smallest absolute Gasteiger partial charge is 0.211 e. The van der Waals surface area contributed by atoms with Gasteiger partial charge in [-0.3, -0.25) is 9.88 Å². The largest absolute Gasteiger partial charge is 0.395 e. The molecule has 3 aromatic heterocycles. The van der Waals surface area contributed by atoms with Crippen LogP contribution in [0.3, 0.4) is 0 Å². The number of fused-ring (bicyclic) bond motifs is 1. The predicted octanol–water partition coefficient (Wildman–Crippen LogP) is 3.00. The van der Waals surface area contributed by atoms with E-state index in [1.165, 1.54) is 25.7 Å². The molecule has 0 atom stereocenters. The molecular formula is C21H27N7OS. The second-order valence-electron chi connectivity index (χ2n) is 8.03. The van der Waals surface area contributed by atoms with Crippen molar-refractivity contribution in [3.8, 4) is 0 Å². The summed E-state index contributed by atoms with van der Waals surface area (Å²) in [6, 6.07) is 6.05. The number of nitrogens with zero attached hydrogens (tertiary/aromatic N) is 6. The Hall–Kier alpha value is -2.36. The average Bonchev–Trinajstić information content (AvgIpc) is 3.46. The van der Waals surface area contributed by atoms with Crippen LogP contribution in [0.25, 0.3) is 11.0 Å². The van der Waals surface area contributed by atoms with Crippen LogP contribution in [0, 0.1) is 0 Å². The molecule has 2 fully saturated rings. The first kappa shape index (κ1) is 19.6. The van der Waals surface area contributed by atoms with Gasteiger partial charge in [0.05, 0.1) is 29.5 Å². The molecule has 9 heteroatoms. The molecule has 0 radical (unpaired) electrons. The van der Waals surface area contributed by atoms with Crippen LogP contribution in [0.1, 0.15) is 36.6 Å². The van der Waals surface area contributed by atoms with Gasteiger partial charge in [-0.25, -0.2) is 4.98 Å². The molecule has 3 aromatic rings. The molecule has 1 saturated heterocycles. The number of aliphatic hydroxyl groups is 1. The minimum atomic E-state index is 0.216. The van der Waals surface area contributed by atoms with Gasteiger partial charge < -0.3 is 15.3 Å². The second kappa shape index (κ2) is 8.79. The van der Waals surface area contributed by atoms with Crippen molar-refractivity contribution >= 4 is 39.0 Å². The average molecular weight is 426 g/mol. The Morgan fingerprint density at radius 1 is 1.07 bits per heavy atom. The van der Waals surface area contributed by atoms with E-state index in [9.17, 15) is 0 Å². The van der Waals surface area contributed by atoms with Crippen molar-refractivity contribution in [3.63, 3.8) is 0 Å². The summed E-state index contributed by atoms with van der Waals surface area (Å²) in [7, 11) is 0. The van der Waals surface area contributed by atoms with Crippen molar-refractivity contribution in [2.45, 2.75) is 31.6 Å². The van der Waals surface area contributed by atoms with Crippen LogP contribution in [0.5, 0.6) is 0 Å². The number of pyridine rings is 2. The third-order valence-corrected chi connectivity index (χ3v) is 7.06. The van der Waals surface area contributed by atoms with Crippen LogP contribution in [0.2, 0.25) is 0 Å². The Balaban J connectivity index is 1.30. The summed E-state index contributed by atoms with van der Waals surface area (Å²) >= 11 is 1.64. The molecule has 30 heavy (non-hydrogen) atoms. The second-order valence-corrected chi connectivity index (χ2v) is 9.04. The molecule has 158 valence electrons. The Morgan fingerprint density at radius 2 is 1.90 bits per heavy atom. The molecular weight excluding hydrogens is 398 g/mol. The molecule has 1 saturated carbocycles. The van der Waals surface area contributed by atoms with E-state index in [2.05, 4.69) is 36.4 Å². The zero-order valence-corrected chi connectivity index (χ0v) is 17.8. The number of rotatable bonds is 6. The maximum absolute atomic E-state index is 9.12. The number of aromatic nitrogens is 4. The number of nitrogens with one attached hydrogen (secondary N) is 1. The molecule has 0 amide bonds. The van der Waals surface area contributed by atoms with Gasteiger partial charge in [0.2, 0.25) is 5.13 Å². The fraction of sp³-hybridized carbons (Fsp3) is 0.524. The van der Waals surface area contributed by atoms with Gasteiger partial charge in [-0.15, -0.1) is 10.2 Å². The first-order chi connectivity index (χ1) is 14.8. The van der Waals surface area contributed by atoms with Crippen molar-refractivity contribution in [2.24, 2.45) is 0 Å². The standard InChI is InChI=1S/C21H27N7OS/c29-12-11-27-7-9-28(10-8-27)16-13-18-17(22-14-16)5-6-19(23-18)24-21-26-25-20(30-21)15-3-1-2-4-15/h5-6,13-15,29H,1-4,7-12H2,(H,23,24,26). The quantitative estimate of drug-likeness (QED) is 0.623. The SMILES string of the molecule is OCCN1CCN(c2cnc3ccc(Nc4nnc(C5CCCC5)s4)nc3c2)CC1. The van der Waals surface area contributed by atoms with Crippen LogP contribution < -0.4 is 10.2 Å². The zero-order valence-electron chi connectivity index (χ0n) is 17.0. The van der Waals surface area contributed by atoms with E-state index in [1.54, 1.807) is 11.3 Å². The Kier molecular flexibility index (Phi) is 5.74. The van der Waals surface area contributed by atoms with Crippen LogP contribution >= 0.6 is 11.3 Å². The zero-order chi connectivity index (χ0) is 20.3. The Morgan fingerprint density at radius 3 is 2.70 bits per heavy atom. The van der Waals surface area contributed by atoms with Gasteiger partial charge in [0.15, 0.2) is 0 Å². The molecule has 1 aliphatic carbocycles. The highest BCUT2D eigenvalue weighted by atomic mass is 32.1. The topological polar surface area (TPSA) is 90.3 Å². The van der Waals surface area contributed by atoms with Crippen LogP contribution in [0.4, 0.5) is 16.6 Å². The first-order valence-corrected chi connectivity index (χ1v) is 11.6. The summed E-state index contributed by atoms with van der Waals surface area (Å²) in [4.78, 5) is 14.0. The third-order valence-electron chi connectivity index (χ3n) is 6.06. The lowest BCUT2D eigenvalue weighted by Crippen LogP contribution is -2.47. The van der Waals surface area contributed by atoms with E-state index in [0.717, 1.165) is 65.4 Å². The molecule has 0 aromatic carbocycles. The van der Waals surface area contributed by atoms with Crippen molar-refractivity contribution < 1.29 is 5.11 Å². The van der Waals surface area contributed by atoms with E-state index in [1.807, 2.05) is 18.3 Å². The number of hydrogen-bond donors (Lipinski definition) is 2. The van der Waals surface area contributed by atoms with Crippen LogP contribution in [-0.2, 0) is 0 Å². The van der Waals surface area contributed by atoms with E-state index in [-0.39, 0.29) is 6.61 Å². The predicted molar refractivity (Wildman–Crippen MR) is 120 cm³/mol. The maximum atomic E-state index is 9.12. The first-order valence-electron chi connectivity index (χ1n) is 10.7. The number of piperazine rings is 1. The molecule has 2 aliphatic rings. The summed E-state index contributed by atoms with van der Waals surface area (Å²) in [5.41, 5.74) is 2.85. The van der Waals surface area contributed by atoms with Gasteiger partial charge in [0, 0.05) is 38.6 Å². The lowest BCUT2D eigenvalue weighted by molar-refractivity contribution is 0.189. The number of hydrogen-bond acceptors (Lipinski definition) is 9. The fourth-order valence-corrected chi connectivity index (χ4v) is 5.26. The molecule has 1 aliphatic heterocycles. The molecule has 5 rings (SSSR count). The van der Waals surface area contributed by atoms with Gasteiger partial charge in [-0.1, -0.05) is 24.2 Å². The maximum Gasteiger partial charge on any atom is 0.211 e. The highest BCUT2D eigenvalue weighted by Gasteiger charge is 2.21. The lowest BCUT2D eigenvalue weighted by Gasteiger charge is -2.35. The van der Waals surface area contributed by atoms with E-state index < -0.39 is 0 Å². The van der Waals surface area contributed by atoms with Crippen molar-refractivity contribution in [1.29, 1.82) is 0 Å². The van der Waals surface area contributed by atoms with E-state index in [4.69, 9.17) is 10.1 Å². The number of β-amino-alcohol motifs (C(OH)–C–C–N with tert-alkyl or cyclic N) is 1. The van der Waals surface area contributed by atoms with Gasteiger partial charge >= 0.3 is 0 Å². The van der Waals surface area contributed by atoms with Crippen LogP contribution in [0.15, 0.2) is 24.4 Å². The van der Waals surface area contributed by atoms with Crippen LogP contribution in [-0.4, -0.2) is 69.5 Å². The monoisotopic (exact) mass is 425 g/mol. The third kappa shape index (κ3) is 4.23. The molecule has 4 heterocycles. The molecule has 0 unspecified atom stereocenters. The Labute approximate surface area is 180 Å². The van der Waals surface area contributed by atoms with E-state index in [0.29, 0.717) is 5.92 Å². The fourth-order valence-electron chi connectivity index (χ4n) is 4.34. The number of aliphatic hydroxyl groups excluding tert-OH is 1. The summed E-state index contributed by atoms with van der Waals surface area (Å²) in [5.74, 6) is 1.34. The van der Waals surface area contributed by atoms with Gasteiger partial charge in [0.25, 0.3) is 0 Å². The van der Waals surface area contributed by atoms with Gasteiger partial charge in [0.1, 0.15) is 10.8 Å². The van der Waals surface area contributed by atoms with Crippen molar-refractivity contribution in [1.82, 2.24) is 25.1 Å². The lowest BCUT2D eigenvalue weighted by atomic mass is 10.1. The summed E-state index contributed by atoms with van der Waals surface area (Å²) in [6.07, 6.45) is 6.98. The normalized spacial score (nSPS) is 18.4. The summed E-state index contributed by atoms with van der Waals surface area (Å²) < 4.78 is 0. The number of anilines is 3. The minimum absolute atomic E-state index is 0.216. The van der Waals surface area contributed by atoms with E-state index >= 15 is 0 Å². The minimum Gasteiger partial charge on any atom is -0.395 e. The van der Waals surface area contributed by atoms with Crippen molar-refractivity contribution in [2.75, 3.05) is 49.5 Å². The Bertz CT molecular complexity index is 996. The highest BCUT2D eigenvalue weighted by Crippen LogP contribution is 2.37. The molecule has 2 N–H and O–H groups in total. The van der Waals surface area contributed by atoms with Crippen molar-refractivity contribution in [3.05, 3.63) is 29.4 Å². The molecule has 0 spiro atoms. The summed E-state index contributed by atoms with van der Waals surface area (Å²) in [6.45, 7) is 4.73. The summed E-state index contributed by atoms with van der Waals surface area (Å²) in [5, 5.41) is 23.1.